The number of piperidine rings is 1. The number of rotatable bonds is 3. The highest BCUT2D eigenvalue weighted by molar-refractivity contribution is 5.75. The number of carbonyl (C=O) groups excluding carboxylic acids is 1. The van der Waals surface area contributed by atoms with Crippen molar-refractivity contribution in [2.75, 3.05) is 33.9 Å². The van der Waals surface area contributed by atoms with Gasteiger partial charge in [0.05, 0.1) is 25.4 Å². The lowest BCUT2D eigenvalue weighted by molar-refractivity contribution is -0.678. The molecule has 0 aromatic rings. The predicted molar refractivity (Wildman–Crippen MR) is 89.4 cm³/mol. The van der Waals surface area contributed by atoms with E-state index in [9.17, 15) is 4.79 Å². The van der Waals surface area contributed by atoms with E-state index in [2.05, 4.69) is 22.2 Å². The van der Waals surface area contributed by atoms with Crippen LogP contribution in [0.15, 0.2) is 0 Å². The quantitative estimate of drug-likeness (QED) is 0.722. The Balaban J connectivity index is 1.43. The van der Waals surface area contributed by atoms with Crippen molar-refractivity contribution >= 4 is 5.97 Å². The van der Waals surface area contributed by atoms with Crippen LogP contribution in [0.3, 0.4) is 0 Å². The average molecular weight is 338 g/mol. The van der Waals surface area contributed by atoms with Gasteiger partial charge in [0.15, 0.2) is 0 Å². The van der Waals surface area contributed by atoms with Crippen molar-refractivity contribution in [3.63, 3.8) is 0 Å². The Morgan fingerprint density at radius 2 is 2.12 bits per heavy atom. The fourth-order valence-corrected chi connectivity index (χ4v) is 5.45. The van der Waals surface area contributed by atoms with E-state index in [1.54, 1.807) is 0 Å². The van der Waals surface area contributed by atoms with Crippen LogP contribution >= 0.6 is 0 Å². The smallest absolute Gasteiger partial charge is 0.323 e. The summed E-state index contributed by atoms with van der Waals surface area (Å²) in [5.74, 6) is 0.673. The molecular formula is C18H32N3O3+. The second-order valence-corrected chi connectivity index (χ2v) is 8.21. The molecule has 4 fully saturated rings. The molecule has 0 aromatic heterocycles. The third-order valence-corrected chi connectivity index (χ3v) is 6.80. The van der Waals surface area contributed by atoms with Crippen molar-refractivity contribution in [3.8, 4) is 0 Å². The van der Waals surface area contributed by atoms with Gasteiger partial charge >= 0.3 is 5.97 Å². The third-order valence-electron chi connectivity index (χ3n) is 6.80. The van der Waals surface area contributed by atoms with E-state index in [0.717, 1.165) is 32.1 Å². The topological polar surface area (TPSA) is 58.6 Å². The summed E-state index contributed by atoms with van der Waals surface area (Å²) in [7, 11) is 3.70. The summed E-state index contributed by atoms with van der Waals surface area (Å²) in [5, 5.41) is 2.37. The molecule has 6 atom stereocenters. The van der Waals surface area contributed by atoms with Crippen molar-refractivity contribution < 1.29 is 19.6 Å². The summed E-state index contributed by atoms with van der Waals surface area (Å²) < 4.78 is 11.5. The second kappa shape index (κ2) is 6.90. The van der Waals surface area contributed by atoms with Crippen LogP contribution in [0.4, 0.5) is 0 Å². The molecule has 3 heterocycles. The first-order valence-electron chi connectivity index (χ1n) is 9.66. The van der Waals surface area contributed by atoms with Gasteiger partial charge in [-0.15, -0.1) is 0 Å². The third kappa shape index (κ3) is 3.09. The van der Waals surface area contributed by atoms with Crippen LogP contribution in [-0.4, -0.2) is 80.0 Å². The normalized spacial score (nSPS) is 43.4. The molecule has 0 amide bonds. The minimum absolute atomic E-state index is 0.0770. The number of likely N-dealkylation sites (tertiary alicyclic amines) is 1. The molecule has 136 valence electrons. The molecule has 4 rings (SSSR count). The first-order chi connectivity index (χ1) is 11.7. The number of likely N-dealkylation sites (N-methyl/N-ethyl adjacent to an activating group) is 1. The highest BCUT2D eigenvalue weighted by Crippen LogP contribution is 2.38. The maximum atomic E-state index is 12.3. The summed E-state index contributed by atoms with van der Waals surface area (Å²) in [6.07, 6.45) is 8.04. The van der Waals surface area contributed by atoms with E-state index >= 15 is 0 Å². The molecule has 2 N–H and O–H groups in total. The van der Waals surface area contributed by atoms with Crippen LogP contribution in [0.2, 0.25) is 0 Å². The Labute approximate surface area is 144 Å². The van der Waals surface area contributed by atoms with Crippen LogP contribution in [0.1, 0.15) is 38.5 Å². The first-order valence-corrected chi connectivity index (χ1v) is 9.66. The van der Waals surface area contributed by atoms with Crippen LogP contribution in [0.25, 0.3) is 0 Å². The zero-order valence-electron chi connectivity index (χ0n) is 15.0. The largest absolute Gasteiger partial charge is 0.468 e. The molecular weight excluding hydrogens is 306 g/mol. The van der Waals surface area contributed by atoms with Gasteiger partial charge in [0.25, 0.3) is 0 Å². The summed E-state index contributed by atoms with van der Waals surface area (Å²) >= 11 is 0. The zero-order valence-corrected chi connectivity index (χ0v) is 15.0. The van der Waals surface area contributed by atoms with Gasteiger partial charge in [-0.05, 0) is 32.2 Å². The van der Waals surface area contributed by atoms with Crippen LogP contribution in [0.5, 0.6) is 0 Å². The van der Waals surface area contributed by atoms with E-state index in [1.807, 2.05) is 0 Å². The van der Waals surface area contributed by atoms with Crippen molar-refractivity contribution in [2.45, 2.75) is 68.9 Å². The number of methoxy groups -OCH3 is 1. The number of nitrogens with two attached hydrogens (primary N) is 1. The predicted octanol–water partition coefficient (Wildman–Crippen LogP) is -0.215. The fourth-order valence-electron chi connectivity index (χ4n) is 5.45. The van der Waals surface area contributed by atoms with Gasteiger partial charge in [-0.3, -0.25) is 9.69 Å². The lowest BCUT2D eigenvalue weighted by Crippen LogP contribution is -2.89. The van der Waals surface area contributed by atoms with Gasteiger partial charge in [0.2, 0.25) is 0 Å². The second-order valence-electron chi connectivity index (χ2n) is 8.21. The number of quaternary nitrogens is 1. The van der Waals surface area contributed by atoms with Gasteiger partial charge in [-0.2, -0.15) is 0 Å². The standard InChI is InChI=1S/C18H31N3O3/c1-20-11-19-14-8-15(18(22)23-2)21(10-16(14)20)9-13-7-12-5-3-4-6-17(12)24-13/h12-17,19H,3-11H2,1-2H3/p+1. The number of carbonyl (C=O) groups is 1. The average Bonchev–Trinajstić information content (AvgIpc) is 3.16. The lowest BCUT2D eigenvalue weighted by atomic mass is 9.85. The van der Waals surface area contributed by atoms with Gasteiger partial charge in [0, 0.05) is 19.5 Å². The fraction of sp³-hybridized carbons (Fsp3) is 0.944. The van der Waals surface area contributed by atoms with Crippen molar-refractivity contribution in [2.24, 2.45) is 5.92 Å². The van der Waals surface area contributed by atoms with Gasteiger partial charge in [-0.1, -0.05) is 12.8 Å². The Kier molecular flexibility index (Phi) is 4.82. The van der Waals surface area contributed by atoms with Crippen molar-refractivity contribution in [1.82, 2.24) is 9.80 Å². The summed E-state index contributed by atoms with van der Waals surface area (Å²) in [5.41, 5.74) is 0. The van der Waals surface area contributed by atoms with Gasteiger partial charge in [-0.25, -0.2) is 4.90 Å². The van der Waals surface area contributed by atoms with Crippen molar-refractivity contribution in [1.29, 1.82) is 0 Å². The Morgan fingerprint density at radius 3 is 2.92 bits per heavy atom. The molecule has 24 heavy (non-hydrogen) atoms. The molecule has 1 aliphatic carbocycles. The van der Waals surface area contributed by atoms with E-state index in [-0.39, 0.29) is 18.1 Å². The first kappa shape index (κ1) is 16.8. The Bertz CT molecular complexity index is 460. The van der Waals surface area contributed by atoms with E-state index in [1.165, 1.54) is 39.2 Å². The van der Waals surface area contributed by atoms with E-state index < -0.39 is 0 Å². The molecule has 0 aromatic carbocycles. The number of esters is 1. The SMILES string of the molecule is COC(=O)C1CC2[NH2+]CN(C)C2CN1CC1CC2CCCCC2O1. The number of hydrogen-bond donors (Lipinski definition) is 1. The molecule has 1 saturated carbocycles. The molecule has 6 nitrogen and oxygen atoms in total. The minimum Gasteiger partial charge on any atom is -0.468 e. The molecule has 3 saturated heterocycles. The number of ether oxygens (including phenoxy) is 2. The van der Waals surface area contributed by atoms with Crippen LogP contribution in [0, 0.1) is 5.92 Å². The Morgan fingerprint density at radius 1 is 1.29 bits per heavy atom. The minimum atomic E-state index is -0.106. The van der Waals surface area contributed by atoms with Gasteiger partial charge < -0.3 is 14.8 Å². The summed E-state index contributed by atoms with van der Waals surface area (Å²) in [6, 6.07) is 0.947. The molecule has 4 aliphatic rings. The maximum absolute atomic E-state index is 12.3. The highest BCUT2D eigenvalue weighted by atomic mass is 16.5. The van der Waals surface area contributed by atoms with Crippen molar-refractivity contribution in [3.05, 3.63) is 0 Å². The van der Waals surface area contributed by atoms with Gasteiger partial charge in [0.1, 0.15) is 18.8 Å². The zero-order chi connectivity index (χ0) is 16.7. The molecule has 0 bridgehead atoms. The number of fused-ring (bicyclic) bond motifs is 2. The molecule has 6 heteroatoms. The molecule has 6 unspecified atom stereocenters. The summed E-state index contributed by atoms with van der Waals surface area (Å²) in [4.78, 5) is 17.1. The van der Waals surface area contributed by atoms with Crippen LogP contribution in [-0.2, 0) is 14.3 Å². The van der Waals surface area contributed by atoms with Crippen LogP contribution < -0.4 is 5.32 Å². The highest BCUT2D eigenvalue weighted by Gasteiger charge is 2.48. The summed E-state index contributed by atoms with van der Waals surface area (Å²) in [6.45, 7) is 2.86. The molecule has 0 spiro atoms. The number of hydrogen-bond acceptors (Lipinski definition) is 5. The Hall–Kier alpha value is -0.690. The number of nitrogens with zero attached hydrogens (tertiary/aromatic N) is 2. The molecule has 0 radical (unpaired) electrons. The molecule has 3 aliphatic heterocycles. The van der Waals surface area contributed by atoms with E-state index in [0.29, 0.717) is 18.2 Å². The monoisotopic (exact) mass is 338 g/mol. The lowest BCUT2D eigenvalue weighted by Gasteiger charge is -2.40. The maximum Gasteiger partial charge on any atom is 0.323 e. The van der Waals surface area contributed by atoms with E-state index in [4.69, 9.17) is 9.47 Å².